The SMILES string of the molecule is CC.c1ccc(-c2nc(-n3c4ccc5ccccc5c4c4cccc(-c5ccc6c(c5)sc5ccc7ccccc7c56)c43)nc3c2sc2ccccc23)cc1. The third kappa shape index (κ3) is 4.80. The van der Waals surface area contributed by atoms with Gasteiger partial charge in [-0.15, -0.1) is 22.7 Å². The van der Waals surface area contributed by atoms with Crippen molar-refractivity contribution in [3.05, 3.63) is 164 Å². The van der Waals surface area contributed by atoms with Gasteiger partial charge in [-0.2, -0.15) is 0 Å². The predicted molar refractivity (Wildman–Crippen MR) is 239 cm³/mol. The third-order valence-electron chi connectivity index (χ3n) is 10.8. The Morgan fingerprint density at radius 3 is 1.96 bits per heavy atom. The zero-order chi connectivity index (χ0) is 36.6. The van der Waals surface area contributed by atoms with E-state index in [4.69, 9.17) is 9.97 Å². The van der Waals surface area contributed by atoms with Gasteiger partial charge >= 0.3 is 0 Å². The van der Waals surface area contributed by atoms with Crippen molar-refractivity contribution in [2.24, 2.45) is 0 Å². The minimum absolute atomic E-state index is 0.678. The first kappa shape index (κ1) is 32.1. The summed E-state index contributed by atoms with van der Waals surface area (Å²) in [6.07, 6.45) is 0. The molecule has 0 aliphatic heterocycles. The van der Waals surface area contributed by atoms with Crippen molar-refractivity contribution in [1.29, 1.82) is 0 Å². The van der Waals surface area contributed by atoms with Crippen molar-refractivity contribution in [3.63, 3.8) is 0 Å². The highest BCUT2D eigenvalue weighted by Crippen LogP contribution is 2.45. The van der Waals surface area contributed by atoms with Gasteiger partial charge in [-0.25, -0.2) is 9.97 Å². The number of nitrogens with zero attached hydrogens (tertiary/aromatic N) is 3. The second-order valence-corrected chi connectivity index (χ2v) is 15.8. The molecule has 8 aromatic carbocycles. The maximum absolute atomic E-state index is 5.50. The third-order valence-corrected chi connectivity index (χ3v) is 13.1. The molecule has 0 fully saturated rings. The zero-order valence-corrected chi connectivity index (χ0v) is 31.9. The molecule has 0 aliphatic rings. The fourth-order valence-electron chi connectivity index (χ4n) is 8.46. The Morgan fingerprint density at radius 1 is 0.455 bits per heavy atom. The number of hydrogen-bond donors (Lipinski definition) is 0. The van der Waals surface area contributed by atoms with Crippen LogP contribution >= 0.6 is 22.7 Å². The standard InChI is InChI=1S/C48H27N3S2.C2H6/c1-2-13-30(14-3-1)44-47-45(36-17-8-9-20-39(36)53-47)50-48(49-44)51-38-25-22-28-11-4-6-15-32(28)42(38)37-19-10-18-34(46(37)51)31-21-24-35-41(27-31)52-40-26-23-29-12-5-7-16-33(29)43(35)40;1-2/h1-27H;1-2H3. The van der Waals surface area contributed by atoms with Crippen molar-refractivity contribution in [3.8, 4) is 28.3 Å². The van der Waals surface area contributed by atoms with Crippen LogP contribution in [0.1, 0.15) is 13.8 Å². The van der Waals surface area contributed by atoms with Gasteiger partial charge in [0, 0.05) is 52.2 Å². The molecular weight excluding hydrogens is 707 g/mol. The van der Waals surface area contributed by atoms with Gasteiger partial charge in [-0.05, 0) is 51.4 Å². The number of para-hydroxylation sites is 1. The first-order chi connectivity index (χ1) is 27.3. The molecule has 0 N–H and O–H groups in total. The van der Waals surface area contributed by atoms with Crippen LogP contribution in [0, 0.1) is 0 Å². The summed E-state index contributed by atoms with van der Waals surface area (Å²) >= 11 is 3.64. The first-order valence-corrected chi connectivity index (χ1v) is 20.5. The maximum Gasteiger partial charge on any atom is 0.235 e. The Hall–Kier alpha value is -6.40. The molecule has 5 heteroatoms. The molecule has 4 heterocycles. The van der Waals surface area contributed by atoms with Crippen molar-refractivity contribution >= 4 is 106 Å². The van der Waals surface area contributed by atoms with Crippen LogP contribution in [0.25, 0.3) is 112 Å². The summed E-state index contributed by atoms with van der Waals surface area (Å²) in [5.74, 6) is 0.678. The summed E-state index contributed by atoms with van der Waals surface area (Å²) in [6, 6.07) is 59.3. The summed E-state index contributed by atoms with van der Waals surface area (Å²) in [5.41, 5.74) is 7.58. The number of fused-ring (bicyclic) bond motifs is 13. The van der Waals surface area contributed by atoms with E-state index in [-0.39, 0.29) is 0 Å². The van der Waals surface area contributed by atoms with Crippen LogP contribution in [0.5, 0.6) is 0 Å². The second kappa shape index (κ2) is 12.6. The predicted octanol–water partition coefficient (Wildman–Crippen LogP) is 15.0. The van der Waals surface area contributed by atoms with E-state index in [1.807, 2.05) is 25.2 Å². The van der Waals surface area contributed by atoms with E-state index < -0.39 is 0 Å². The van der Waals surface area contributed by atoms with Crippen LogP contribution in [-0.4, -0.2) is 14.5 Å². The van der Waals surface area contributed by atoms with E-state index in [9.17, 15) is 0 Å². The lowest BCUT2D eigenvalue weighted by Gasteiger charge is -2.12. The minimum Gasteiger partial charge on any atom is -0.277 e. The van der Waals surface area contributed by atoms with E-state index in [0.29, 0.717) is 5.95 Å². The van der Waals surface area contributed by atoms with Gasteiger partial charge in [0.2, 0.25) is 5.95 Å². The molecule has 0 unspecified atom stereocenters. The Balaban J connectivity index is 0.00000173. The van der Waals surface area contributed by atoms with Crippen LogP contribution in [0.4, 0.5) is 0 Å². The fraction of sp³-hybridized carbons (Fsp3) is 0.0400. The molecule has 55 heavy (non-hydrogen) atoms. The topological polar surface area (TPSA) is 30.7 Å². The monoisotopic (exact) mass is 739 g/mol. The van der Waals surface area contributed by atoms with Gasteiger partial charge in [0.25, 0.3) is 0 Å². The van der Waals surface area contributed by atoms with Gasteiger partial charge in [-0.1, -0.05) is 153 Å². The highest BCUT2D eigenvalue weighted by molar-refractivity contribution is 7.26. The van der Waals surface area contributed by atoms with Crippen molar-refractivity contribution in [2.45, 2.75) is 13.8 Å². The zero-order valence-electron chi connectivity index (χ0n) is 30.2. The molecule has 3 nitrogen and oxygen atoms in total. The molecule has 0 amide bonds. The van der Waals surface area contributed by atoms with E-state index in [2.05, 4.69) is 168 Å². The fourth-order valence-corrected chi connectivity index (χ4v) is 10.8. The van der Waals surface area contributed by atoms with Crippen molar-refractivity contribution in [1.82, 2.24) is 14.5 Å². The van der Waals surface area contributed by atoms with E-state index in [1.54, 1.807) is 11.3 Å². The van der Waals surface area contributed by atoms with Gasteiger partial charge in [0.15, 0.2) is 0 Å². The molecule has 0 saturated carbocycles. The summed E-state index contributed by atoms with van der Waals surface area (Å²) < 4.78 is 7.24. The lowest BCUT2D eigenvalue weighted by Crippen LogP contribution is -2.03. The van der Waals surface area contributed by atoms with Crippen LogP contribution < -0.4 is 0 Å². The largest absolute Gasteiger partial charge is 0.277 e. The van der Waals surface area contributed by atoms with E-state index in [0.717, 1.165) is 43.5 Å². The highest BCUT2D eigenvalue weighted by Gasteiger charge is 2.23. The molecule has 0 saturated heterocycles. The number of hydrogen-bond acceptors (Lipinski definition) is 4. The van der Waals surface area contributed by atoms with Gasteiger partial charge in [0.05, 0.1) is 26.9 Å². The van der Waals surface area contributed by atoms with Gasteiger partial charge in [-0.3, -0.25) is 4.57 Å². The molecule has 0 spiro atoms. The molecule has 12 rings (SSSR count). The minimum atomic E-state index is 0.678. The van der Waals surface area contributed by atoms with Crippen LogP contribution in [0.2, 0.25) is 0 Å². The smallest absolute Gasteiger partial charge is 0.235 e. The molecule has 260 valence electrons. The number of thiophene rings is 2. The Bertz CT molecular complexity index is 3460. The highest BCUT2D eigenvalue weighted by atomic mass is 32.1. The van der Waals surface area contributed by atoms with Crippen LogP contribution in [0.3, 0.4) is 0 Å². The van der Waals surface area contributed by atoms with Gasteiger partial charge < -0.3 is 0 Å². The first-order valence-electron chi connectivity index (χ1n) is 18.8. The summed E-state index contributed by atoms with van der Waals surface area (Å²) in [7, 11) is 0. The van der Waals surface area contributed by atoms with Gasteiger partial charge in [0.1, 0.15) is 0 Å². The molecule has 0 aliphatic carbocycles. The van der Waals surface area contributed by atoms with Crippen LogP contribution in [0.15, 0.2) is 164 Å². The molecule has 0 atom stereocenters. The lowest BCUT2D eigenvalue weighted by molar-refractivity contribution is 1.02. The number of benzene rings is 8. The average molecular weight is 740 g/mol. The number of aromatic nitrogens is 3. The Morgan fingerprint density at radius 2 is 1.15 bits per heavy atom. The maximum atomic E-state index is 5.50. The summed E-state index contributed by atoms with van der Waals surface area (Å²) in [6.45, 7) is 4.00. The Labute approximate surface area is 325 Å². The second-order valence-electron chi connectivity index (χ2n) is 13.7. The summed E-state index contributed by atoms with van der Waals surface area (Å²) in [4.78, 5) is 11.0. The van der Waals surface area contributed by atoms with E-state index in [1.165, 1.54) is 62.8 Å². The molecular formula is C50H33N3S2. The van der Waals surface area contributed by atoms with Crippen LogP contribution in [-0.2, 0) is 0 Å². The molecule has 0 radical (unpaired) electrons. The summed E-state index contributed by atoms with van der Waals surface area (Å²) in [5, 5.41) is 11.2. The number of rotatable bonds is 3. The normalized spacial score (nSPS) is 11.8. The molecule has 0 bridgehead atoms. The lowest BCUT2D eigenvalue weighted by atomic mass is 9.98. The molecule has 12 aromatic rings. The van der Waals surface area contributed by atoms with Crippen molar-refractivity contribution < 1.29 is 0 Å². The average Bonchev–Trinajstić information content (AvgIpc) is 3.94. The van der Waals surface area contributed by atoms with Crippen molar-refractivity contribution in [2.75, 3.05) is 0 Å². The Kier molecular flexibility index (Phi) is 7.34. The molecule has 4 aromatic heterocycles. The quantitative estimate of drug-likeness (QED) is 0.181. The van der Waals surface area contributed by atoms with E-state index >= 15 is 0 Å².